The average Bonchev–Trinajstić information content (AvgIpc) is 2.12. The van der Waals surface area contributed by atoms with Gasteiger partial charge in [-0.1, -0.05) is 6.08 Å². The number of carboxylic acid groups (broad SMARTS) is 1. The van der Waals surface area contributed by atoms with Gasteiger partial charge in [0.1, 0.15) is 6.04 Å². The average molecular weight is 221 g/mol. The van der Waals surface area contributed by atoms with Gasteiger partial charge in [-0.3, -0.25) is 4.79 Å². The summed E-state index contributed by atoms with van der Waals surface area (Å²) >= 11 is 0. The molecule has 82 valence electrons. The third-order valence-electron chi connectivity index (χ3n) is 1.92. The van der Waals surface area contributed by atoms with Crippen molar-refractivity contribution in [2.24, 2.45) is 0 Å². The fraction of sp³-hybridized carbons (Fsp3) is 0.625. The number of aliphatic carboxylic acids is 1. The first kappa shape index (κ1) is 13.1. The van der Waals surface area contributed by atoms with E-state index < -0.39 is 22.0 Å². The molecule has 0 aliphatic rings. The highest BCUT2D eigenvalue weighted by Crippen LogP contribution is 2.06. The van der Waals surface area contributed by atoms with Crippen LogP contribution in [0.2, 0.25) is 0 Å². The number of carbonyl (C=O) groups is 1. The van der Waals surface area contributed by atoms with Crippen LogP contribution in [-0.2, 0) is 14.8 Å². The molecule has 0 saturated carbocycles. The van der Waals surface area contributed by atoms with Gasteiger partial charge in [-0.25, -0.2) is 8.42 Å². The number of likely N-dealkylation sites (N-methyl/N-ethyl adjacent to an activating group) is 1. The van der Waals surface area contributed by atoms with Crippen LogP contribution in [0.3, 0.4) is 0 Å². The first-order valence-electron chi connectivity index (χ1n) is 4.12. The fourth-order valence-corrected chi connectivity index (χ4v) is 2.10. The fourth-order valence-electron chi connectivity index (χ4n) is 0.773. The second-order valence-electron chi connectivity index (χ2n) is 2.92. The molecule has 0 aliphatic heterocycles. The van der Waals surface area contributed by atoms with Gasteiger partial charge in [0, 0.05) is 7.05 Å². The molecule has 0 radical (unpaired) electrons. The van der Waals surface area contributed by atoms with Crippen LogP contribution < -0.4 is 0 Å². The lowest BCUT2D eigenvalue weighted by Gasteiger charge is -2.20. The molecule has 0 spiro atoms. The van der Waals surface area contributed by atoms with E-state index in [1.807, 2.05) is 0 Å². The Balaban J connectivity index is 4.58. The molecule has 0 aromatic heterocycles. The van der Waals surface area contributed by atoms with Crippen molar-refractivity contribution in [1.82, 2.24) is 4.31 Å². The molecule has 0 aliphatic carbocycles. The zero-order valence-electron chi connectivity index (χ0n) is 8.30. The van der Waals surface area contributed by atoms with E-state index in [1.54, 1.807) is 0 Å². The topological polar surface area (TPSA) is 74.7 Å². The van der Waals surface area contributed by atoms with E-state index in [1.165, 1.54) is 20.0 Å². The van der Waals surface area contributed by atoms with E-state index in [4.69, 9.17) is 5.11 Å². The third kappa shape index (κ3) is 3.47. The lowest BCUT2D eigenvalue weighted by atomic mass is 10.4. The Morgan fingerprint density at radius 3 is 2.50 bits per heavy atom. The van der Waals surface area contributed by atoms with Gasteiger partial charge in [0.25, 0.3) is 0 Å². The summed E-state index contributed by atoms with van der Waals surface area (Å²) < 4.78 is 23.8. The number of nitrogens with zero attached hydrogens (tertiary/aromatic N) is 1. The van der Waals surface area contributed by atoms with Crippen molar-refractivity contribution in [3.63, 3.8) is 0 Å². The summed E-state index contributed by atoms with van der Waals surface area (Å²) in [6.07, 6.45) is 1.80. The van der Waals surface area contributed by atoms with Crippen molar-refractivity contribution in [2.45, 2.75) is 19.4 Å². The number of allylic oxidation sites excluding steroid dienone is 1. The van der Waals surface area contributed by atoms with Crippen LogP contribution in [0.25, 0.3) is 0 Å². The number of rotatable bonds is 6. The summed E-state index contributed by atoms with van der Waals surface area (Å²) in [5, 5.41) is 8.61. The first-order valence-corrected chi connectivity index (χ1v) is 5.73. The second kappa shape index (κ2) is 5.11. The molecule has 0 rings (SSSR count). The predicted molar refractivity (Wildman–Crippen MR) is 53.5 cm³/mol. The number of hydrogen-bond acceptors (Lipinski definition) is 3. The largest absolute Gasteiger partial charge is 0.480 e. The Bertz CT molecular complexity index is 309. The molecule has 0 heterocycles. The summed E-state index contributed by atoms with van der Waals surface area (Å²) in [6.45, 7) is 4.73. The SMILES string of the molecule is C=CCCS(=O)(=O)N(C)C(C)C(=O)O. The maximum absolute atomic E-state index is 11.5. The van der Waals surface area contributed by atoms with Crippen molar-refractivity contribution in [1.29, 1.82) is 0 Å². The summed E-state index contributed by atoms with van der Waals surface area (Å²) in [6, 6.07) is -1.04. The van der Waals surface area contributed by atoms with Crippen molar-refractivity contribution in [2.75, 3.05) is 12.8 Å². The van der Waals surface area contributed by atoms with Crippen molar-refractivity contribution in [3.05, 3.63) is 12.7 Å². The van der Waals surface area contributed by atoms with Gasteiger partial charge in [0.05, 0.1) is 5.75 Å². The minimum absolute atomic E-state index is 0.107. The van der Waals surface area contributed by atoms with Gasteiger partial charge in [-0.2, -0.15) is 4.31 Å². The van der Waals surface area contributed by atoms with Crippen molar-refractivity contribution < 1.29 is 18.3 Å². The molecule has 0 saturated heterocycles. The zero-order chi connectivity index (χ0) is 11.4. The van der Waals surface area contributed by atoms with E-state index >= 15 is 0 Å². The van der Waals surface area contributed by atoms with E-state index in [0.717, 1.165) is 4.31 Å². The quantitative estimate of drug-likeness (QED) is 0.654. The van der Waals surface area contributed by atoms with Crippen LogP contribution in [0.5, 0.6) is 0 Å². The maximum atomic E-state index is 11.5. The standard InChI is InChI=1S/C8H15NO4S/c1-4-5-6-14(12,13)9(3)7(2)8(10)11/h4,7H,1,5-6H2,2-3H3,(H,10,11). The zero-order valence-corrected chi connectivity index (χ0v) is 9.12. The molecule has 0 fully saturated rings. The molecule has 1 atom stereocenters. The molecule has 1 unspecified atom stereocenters. The number of carboxylic acids is 1. The predicted octanol–water partition coefficient (Wildman–Crippen LogP) is 0.297. The molecule has 0 aromatic rings. The van der Waals surface area contributed by atoms with Gasteiger partial charge in [-0.15, -0.1) is 6.58 Å². The molecule has 0 aromatic carbocycles. The number of hydrogen-bond donors (Lipinski definition) is 1. The Hall–Kier alpha value is -0.880. The maximum Gasteiger partial charge on any atom is 0.321 e. The summed E-state index contributed by atoms with van der Waals surface area (Å²) in [7, 11) is -2.22. The molecule has 0 amide bonds. The van der Waals surface area contributed by atoms with Crippen molar-refractivity contribution >= 4 is 16.0 Å². The first-order chi connectivity index (χ1) is 6.33. The molecular formula is C8H15NO4S. The van der Waals surface area contributed by atoms with Crippen LogP contribution >= 0.6 is 0 Å². The lowest BCUT2D eigenvalue weighted by molar-refractivity contribution is -0.140. The third-order valence-corrected chi connectivity index (χ3v) is 3.87. The van der Waals surface area contributed by atoms with E-state index in [9.17, 15) is 13.2 Å². The highest BCUT2D eigenvalue weighted by atomic mass is 32.2. The molecule has 0 bridgehead atoms. The highest BCUT2D eigenvalue weighted by Gasteiger charge is 2.26. The van der Waals surface area contributed by atoms with Gasteiger partial charge in [0.2, 0.25) is 10.0 Å². The number of sulfonamides is 1. The van der Waals surface area contributed by atoms with E-state index in [2.05, 4.69) is 6.58 Å². The van der Waals surface area contributed by atoms with E-state index in [0.29, 0.717) is 6.42 Å². The minimum Gasteiger partial charge on any atom is -0.480 e. The summed E-state index contributed by atoms with van der Waals surface area (Å²) in [5.41, 5.74) is 0. The second-order valence-corrected chi connectivity index (χ2v) is 5.07. The monoisotopic (exact) mass is 221 g/mol. The van der Waals surface area contributed by atoms with Crippen LogP contribution in [0.4, 0.5) is 0 Å². The Morgan fingerprint density at radius 2 is 2.14 bits per heavy atom. The van der Waals surface area contributed by atoms with Crippen LogP contribution in [0.1, 0.15) is 13.3 Å². The van der Waals surface area contributed by atoms with Crippen LogP contribution in [-0.4, -0.2) is 42.6 Å². The van der Waals surface area contributed by atoms with Gasteiger partial charge >= 0.3 is 5.97 Å². The van der Waals surface area contributed by atoms with Crippen LogP contribution in [0, 0.1) is 0 Å². The van der Waals surface area contributed by atoms with Gasteiger partial charge in [-0.05, 0) is 13.3 Å². The van der Waals surface area contributed by atoms with E-state index in [-0.39, 0.29) is 5.75 Å². The van der Waals surface area contributed by atoms with Gasteiger partial charge < -0.3 is 5.11 Å². The molecule has 1 N–H and O–H groups in total. The molecule has 14 heavy (non-hydrogen) atoms. The Morgan fingerprint density at radius 1 is 1.64 bits per heavy atom. The smallest absolute Gasteiger partial charge is 0.321 e. The molecule has 6 heteroatoms. The minimum atomic E-state index is -3.49. The molecular weight excluding hydrogens is 206 g/mol. The van der Waals surface area contributed by atoms with Crippen molar-refractivity contribution in [3.8, 4) is 0 Å². The lowest BCUT2D eigenvalue weighted by Crippen LogP contribution is -2.41. The van der Waals surface area contributed by atoms with Crippen LogP contribution in [0.15, 0.2) is 12.7 Å². The van der Waals surface area contributed by atoms with Gasteiger partial charge in [0.15, 0.2) is 0 Å². The Labute approximate surface area is 84.1 Å². The highest BCUT2D eigenvalue weighted by molar-refractivity contribution is 7.89. The Kier molecular flexibility index (Phi) is 4.79. The summed E-state index contributed by atoms with van der Waals surface area (Å²) in [4.78, 5) is 10.5. The molecule has 5 nitrogen and oxygen atoms in total. The normalized spacial score (nSPS) is 13.9. The summed E-state index contributed by atoms with van der Waals surface area (Å²) in [5.74, 6) is -1.26.